The molecule has 0 radical (unpaired) electrons. The van der Waals surface area contributed by atoms with Gasteiger partial charge in [0.2, 0.25) is 0 Å². The Bertz CT molecular complexity index is 653. The van der Waals surface area contributed by atoms with Crippen LogP contribution in [0.15, 0.2) is 23.0 Å². The predicted molar refractivity (Wildman–Crippen MR) is 68.4 cm³/mol. The van der Waals surface area contributed by atoms with Crippen molar-refractivity contribution in [2.24, 2.45) is 0 Å². The summed E-state index contributed by atoms with van der Waals surface area (Å²) in [6.45, 7) is 5.48. The van der Waals surface area contributed by atoms with Crippen LogP contribution in [0.5, 0.6) is 0 Å². The molecule has 0 aliphatic heterocycles. The van der Waals surface area contributed by atoms with E-state index in [1.165, 1.54) is 6.92 Å². The second-order valence-corrected chi connectivity index (χ2v) is 4.47. The maximum atomic E-state index is 11.8. The van der Waals surface area contributed by atoms with Crippen molar-refractivity contribution in [3.63, 3.8) is 0 Å². The third-order valence-corrected chi connectivity index (χ3v) is 3.07. The van der Waals surface area contributed by atoms with E-state index in [4.69, 9.17) is 0 Å². The van der Waals surface area contributed by atoms with Gasteiger partial charge < -0.3 is 4.98 Å². The first-order chi connectivity index (χ1) is 7.99. The van der Waals surface area contributed by atoms with Crippen molar-refractivity contribution >= 4 is 16.7 Å². The summed E-state index contributed by atoms with van der Waals surface area (Å²) in [7, 11) is 0. The summed E-state index contributed by atoms with van der Waals surface area (Å²) in [4.78, 5) is 25.8. The van der Waals surface area contributed by atoms with Gasteiger partial charge in [-0.1, -0.05) is 12.1 Å². The number of Topliss-reactive ketones (excluding diaryl/α,β-unsaturated/α-hetero) is 1. The Morgan fingerprint density at radius 3 is 2.65 bits per heavy atom. The number of H-pyrrole nitrogens is 1. The number of nitrogens with one attached hydrogen (secondary N) is 1. The molecule has 88 valence electrons. The molecule has 2 rings (SSSR count). The van der Waals surface area contributed by atoms with E-state index < -0.39 is 0 Å². The Hall–Kier alpha value is -1.90. The maximum Gasteiger partial charge on any atom is 0.252 e. The Morgan fingerprint density at radius 2 is 2.00 bits per heavy atom. The van der Waals surface area contributed by atoms with Gasteiger partial charge in [0, 0.05) is 12.0 Å². The van der Waals surface area contributed by atoms with Gasteiger partial charge in [-0.2, -0.15) is 0 Å². The molecular formula is C14H15NO2. The summed E-state index contributed by atoms with van der Waals surface area (Å²) < 4.78 is 0. The Balaban J connectivity index is 2.71. The molecule has 0 atom stereocenters. The lowest BCUT2D eigenvalue weighted by Crippen LogP contribution is -2.15. The molecule has 0 aliphatic rings. The van der Waals surface area contributed by atoms with Gasteiger partial charge >= 0.3 is 0 Å². The second kappa shape index (κ2) is 4.17. The molecule has 0 saturated carbocycles. The lowest BCUT2D eigenvalue weighted by atomic mass is 10.0. The van der Waals surface area contributed by atoms with E-state index in [9.17, 15) is 9.59 Å². The molecule has 2 aromatic rings. The van der Waals surface area contributed by atoms with Crippen molar-refractivity contribution in [3.05, 3.63) is 45.2 Å². The number of hydrogen-bond acceptors (Lipinski definition) is 2. The second-order valence-electron chi connectivity index (χ2n) is 4.47. The van der Waals surface area contributed by atoms with Crippen molar-refractivity contribution in [2.75, 3.05) is 0 Å². The number of aryl methyl sites for hydroxylation is 2. The minimum Gasteiger partial charge on any atom is -0.321 e. The number of benzene rings is 1. The van der Waals surface area contributed by atoms with Crippen molar-refractivity contribution in [3.8, 4) is 0 Å². The average Bonchev–Trinajstić information content (AvgIpc) is 2.25. The normalized spacial score (nSPS) is 10.8. The standard InChI is InChI=1S/C14H15NO2/c1-8-4-5-11-7-12(6-9(2)16)14(17)15-13(11)10(8)3/h4-5,7H,6H2,1-3H3,(H,15,17). The SMILES string of the molecule is CC(=O)Cc1cc2ccc(C)c(C)c2[nH]c1=O. The highest BCUT2D eigenvalue weighted by atomic mass is 16.1. The smallest absolute Gasteiger partial charge is 0.252 e. The Labute approximate surface area is 99.5 Å². The molecule has 0 spiro atoms. The van der Waals surface area contributed by atoms with E-state index in [1.54, 1.807) is 0 Å². The summed E-state index contributed by atoms with van der Waals surface area (Å²) in [6, 6.07) is 5.80. The summed E-state index contributed by atoms with van der Waals surface area (Å²) in [6.07, 6.45) is 0.193. The van der Waals surface area contributed by atoms with Gasteiger partial charge in [-0.25, -0.2) is 0 Å². The van der Waals surface area contributed by atoms with Crippen LogP contribution in [-0.2, 0) is 11.2 Å². The van der Waals surface area contributed by atoms with E-state index >= 15 is 0 Å². The molecule has 0 unspecified atom stereocenters. The minimum atomic E-state index is -0.165. The zero-order valence-corrected chi connectivity index (χ0v) is 10.3. The van der Waals surface area contributed by atoms with Crippen molar-refractivity contribution in [1.29, 1.82) is 0 Å². The Morgan fingerprint density at radius 1 is 1.29 bits per heavy atom. The van der Waals surface area contributed by atoms with E-state index in [2.05, 4.69) is 4.98 Å². The molecule has 0 fully saturated rings. The van der Waals surface area contributed by atoms with E-state index in [1.807, 2.05) is 32.0 Å². The van der Waals surface area contributed by atoms with E-state index in [0.717, 1.165) is 22.0 Å². The van der Waals surface area contributed by atoms with Crippen LogP contribution < -0.4 is 5.56 Å². The van der Waals surface area contributed by atoms with Gasteiger partial charge in [0.15, 0.2) is 0 Å². The third-order valence-electron chi connectivity index (χ3n) is 3.07. The highest BCUT2D eigenvalue weighted by molar-refractivity contribution is 5.85. The fraction of sp³-hybridized carbons (Fsp3) is 0.286. The van der Waals surface area contributed by atoms with Gasteiger partial charge in [-0.05, 0) is 43.4 Å². The number of aromatic nitrogens is 1. The van der Waals surface area contributed by atoms with Gasteiger partial charge in [0.1, 0.15) is 5.78 Å². The largest absolute Gasteiger partial charge is 0.321 e. The summed E-state index contributed by atoms with van der Waals surface area (Å²) in [5.74, 6) is -0.00122. The first-order valence-corrected chi connectivity index (χ1v) is 5.60. The van der Waals surface area contributed by atoms with Crippen LogP contribution in [0.2, 0.25) is 0 Å². The molecule has 0 saturated heterocycles. The molecule has 0 aliphatic carbocycles. The number of pyridine rings is 1. The monoisotopic (exact) mass is 229 g/mol. The molecule has 1 heterocycles. The molecular weight excluding hydrogens is 214 g/mol. The Kier molecular flexibility index (Phi) is 2.84. The topological polar surface area (TPSA) is 49.9 Å². The van der Waals surface area contributed by atoms with Crippen LogP contribution in [0.1, 0.15) is 23.6 Å². The van der Waals surface area contributed by atoms with Gasteiger partial charge in [0.05, 0.1) is 5.52 Å². The van der Waals surface area contributed by atoms with Crippen LogP contribution in [0, 0.1) is 13.8 Å². The third kappa shape index (κ3) is 2.13. The molecule has 0 amide bonds. The lowest BCUT2D eigenvalue weighted by molar-refractivity contribution is -0.116. The fourth-order valence-electron chi connectivity index (χ4n) is 1.97. The highest BCUT2D eigenvalue weighted by Crippen LogP contribution is 2.18. The molecule has 1 N–H and O–H groups in total. The number of carbonyl (C=O) groups is 1. The van der Waals surface area contributed by atoms with Crippen molar-refractivity contribution in [2.45, 2.75) is 27.2 Å². The van der Waals surface area contributed by atoms with Crippen molar-refractivity contribution in [1.82, 2.24) is 4.98 Å². The number of carbonyl (C=O) groups excluding carboxylic acids is 1. The maximum absolute atomic E-state index is 11.8. The average molecular weight is 229 g/mol. The molecule has 3 nitrogen and oxygen atoms in total. The van der Waals surface area contributed by atoms with Gasteiger partial charge in [-0.3, -0.25) is 9.59 Å². The van der Waals surface area contributed by atoms with Gasteiger partial charge in [0.25, 0.3) is 5.56 Å². The molecule has 1 aromatic heterocycles. The number of aromatic amines is 1. The van der Waals surface area contributed by atoms with Crippen LogP contribution in [0.4, 0.5) is 0 Å². The highest BCUT2D eigenvalue weighted by Gasteiger charge is 2.07. The van der Waals surface area contributed by atoms with Crippen LogP contribution >= 0.6 is 0 Å². The quantitative estimate of drug-likeness (QED) is 0.858. The van der Waals surface area contributed by atoms with Gasteiger partial charge in [-0.15, -0.1) is 0 Å². The van der Waals surface area contributed by atoms with E-state index in [-0.39, 0.29) is 17.8 Å². The minimum absolute atomic E-state index is 0.00122. The number of hydrogen-bond donors (Lipinski definition) is 1. The lowest BCUT2D eigenvalue weighted by Gasteiger charge is -2.07. The summed E-state index contributed by atoms with van der Waals surface area (Å²) in [5, 5.41) is 0.976. The zero-order valence-electron chi connectivity index (χ0n) is 10.3. The van der Waals surface area contributed by atoms with Crippen LogP contribution in [0.25, 0.3) is 10.9 Å². The fourth-order valence-corrected chi connectivity index (χ4v) is 1.97. The zero-order chi connectivity index (χ0) is 12.6. The summed E-state index contributed by atoms with van der Waals surface area (Å²) >= 11 is 0. The number of ketones is 1. The summed E-state index contributed by atoms with van der Waals surface area (Å²) in [5.41, 5.74) is 3.46. The first-order valence-electron chi connectivity index (χ1n) is 5.60. The van der Waals surface area contributed by atoms with Crippen LogP contribution in [-0.4, -0.2) is 10.8 Å². The predicted octanol–water partition coefficient (Wildman–Crippen LogP) is 2.28. The molecule has 17 heavy (non-hydrogen) atoms. The first kappa shape index (κ1) is 11.6. The van der Waals surface area contributed by atoms with Crippen LogP contribution in [0.3, 0.4) is 0 Å². The molecule has 1 aromatic carbocycles. The molecule has 3 heteroatoms. The number of fused-ring (bicyclic) bond motifs is 1. The molecule has 0 bridgehead atoms. The number of rotatable bonds is 2. The van der Waals surface area contributed by atoms with E-state index in [0.29, 0.717) is 5.56 Å². The van der Waals surface area contributed by atoms with Crippen molar-refractivity contribution < 1.29 is 4.79 Å².